The molecule has 2 aromatic heterocycles. The zero-order valence-corrected chi connectivity index (χ0v) is 16.5. The number of para-hydroxylation sites is 1. The summed E-state index contributed by atoms with van der Waals surface area (Å²) in [5, 5.41) is 11.3. The monoisotopic (exact) mass is 399 g/mol. The summed E-state index contributed by atoms with van der Waals surface area (Å²) in [4.78, 5) is 0. The van der Waals surface area contributed by atoms with Crippen LogP contribution in [0.4, 0.5) is 0 Å². The molecule has 2 aromatic carbocycles. The van der Waals surface area contributed by atoms with E-state index in [2.05, 4.69) is 17.1 Å². The average molecular weight is 400 g/mol. The van der Waals surface area contributed by atoms with Crippen LogP contribution < -0.4 is 4.74 Å². The molecule has 0 radical (unpaired) electrons. The first-order chi connectivity index (χ1) is 13.2. The van der Waals surface area contributed by atoms with Crippen LogP contribution in [-0.4, -0.2) is 21.9 Å². The Morgan fingerprint density at radius 3 is 2.78 bits per heavy atom. The number of methoxy groups -OCH3 is 1. The molecule has 27 heavy (non-hydrogen) atoms. The zero-order valence-electron chi connectivity index (χ0n) is 15.0. The quantitative estimate of drug-likeness (QED) is 0.391. The van der Waals surface area contributed by atoms with Gasteiger partial charge in [0.2, 0.25) is 5.82 Å². The first-order valence-corrected chi connectivity index (χ1v) is 9.94. The molecule has 2 heterocycles. The molecular weight excluding hydrogens is 382 g/mol. The number of fused-ring (bicyclic) bond motifs is 1. The van der Waals surface area contributed by atoms with Gasteiger partial charge in [-0.3, -0.25) is 4.57 Å². The van der Waals surface area contributed by atoms with Crippen molar-refractivity contribution in [1.82, 2.24) is 14.8 Å². The van der Waals surface area contributed by atoms with Crippen molar-refractivity contribution < 1.29 is 9.15 Å². The summed E-state index contributed by atoms with van der Waals surface area (Å²) in [7, 11) is 1.63. The van der Waals surface area contributed by atoms with E-state index >= 15 is 0 Å². The highest BCUT2D eigenvalue weighted by Gasteiger charge is 2.18. The number of thioether (sulfide) groups is 1. The Hall–Kier alpha value is -2.44. The molecule has 0 fully saturated rings. The summed E-state index contributed by atoms with van der Waals surface area (Å²) >= 11 is 7.86. The maximum absolute atomic E-state index is 6.26. The van der Waals surface area contributed by atoms with Crippen LogP contribution in [0.2, 0.25) is 5.02 Å². The molecule has 0 bridgehead atoms. The molecule has 138 valence electrons. The highest BCUT2D eigenvalue weighted by molar-refractivity contribution is 7.98. The standard InChI is InChI=1S/C20H18ClN3O2S/c1-3-24-19(17-11-13-8-6-10-16(25-2)18(13)26-17)22-23-20(24)27-12-14-7-4-5-9-15(14)21/h4-11H,3,12H2,1-2H3. The molecule has 0 amide bonds. The van der Waals surface area contributed by atoms with Crippen LogP contribution in [0.15, 0.2) is 58.1 Å². The minimum absolute atomic E-state index is 0.674. The van der Waals surface area contributed by atoms with Crippen LogP contribution in [0.3, 0.4) is 0 Å². The Balaban J connectivity index is 1.66. The fraction of sp³-hybridized carbons (Fsp3) is 0.200. The number of hydrogen-bond donors (Lipinski definition) is 0. The number of hydrogen-bond acceptors (Lipinski definition) is 5. The van der Waals surface area contributed by atoms with Crippen LogP contribution >= 0.6 is 23.4 Å². The zero-order chi connectivity index (χ0) is 18.8. The van der Waals surface area contributed by atoms with E-state index in [9.17, 15) is 0 Å². The second-order valence-electron chi connectivity index (χ2n) is 5.92. The molecular formula is C20H18ClN3O2S. The lowest BCUT2D eigenvalue weighted by atomic mass is 10.2. The van der Waals surface area contributed by atoms with Crippen molar-refractivity contribution in [3.8, 4) is 17.3 Å². The third-order valence-corrected chi connectivity index (χ3v) is 5.68. The molecule has 0 aliphatic rings. The van der Waals surface area contributed by atoms with E-state index in [0.717, 1.165) is 33.4 Å². The van der Waals surface area contributed by atoms with Gasteiger partial charge in [-0.2, -0.15) is 0 Å². The lowest BCUT2D eigenvalue weighted by Crippen LogP contribution is -1.99. The maximum Gasteiger partial charge on any atom is 0.200 e. The molecule has 0 unspecified atom stereocenters. The van der Waals surface area contributed by atoms with Crippen molar-refractivity contribution in [1.29, 1.82) is 0 Å². The van der Waals surface area contributed by atoms with Crippen LogP contribution in [0.25, 0.3) is 22.6 Å². The first-order valence-electron chi connectivity index (χ1n) is 8.57. The molecule has 0 atom stereocenters. The third kappa shape index (κ3) is 3.42. The number of furan rings is 1. The second-order valence-corrected chi connectivity index (χ2v) is 7.27. The molecule has 0 spiro atoms. The van der Waals surface area contributed by atoms with Gasteiger partial charge in [-0.05, 0) is 30.7 Å². The van der Waals surface area contributed by atoms with E-state index in [0.29, 0.717) is 22.9 Å². The molecule has 0 saturated carbocycles. The van der Waals surface area contributed by atoms with Gasteiger partial charge in [0.25, 0.3) is 0 Å². The summed E-state index contributed by atoms with van der Waals surface area (Å²) in [6.45, 7) is 2.80. The van der Waals surface area contributed by atoms with Gasteiger partial charge in [0.15, 0.2) is 22.2 Å². The van der Waals surface area contributed by atoms with E-state index in [-0.39, 0.29) is 0 Å². The molecule has 7 heteroatoms. The number of benzene rings is 2. The highest BCUT2D eigenvalue weighted by atomic mass is 35.5. The van der Waals surface area contributed by atoms with Crippen molar-refractivity contribution >= 4 is 34.3 Å². The van der Waals surface area contributed by atoms with E-state index in [1.165, 1.54) is 0 Å². The fourth-order valence-corrected chi connectivity index (χ4v) is 4.22. The van der Waals surface area contributed by atoms with Gasteiger partial charge in [-0.15, -0.1) is 10.2 Å². The molecule has 0 aliphatic heterocycles. The van der Waals surface area contributed by atoms with Crippen molar-refractivity contribution in [3.63, 3.8) is 0 Å². The Morgan fingerprint density at radius 1 is 1.15 bits per heavy atom. The summed E-state index contributed by atoms with van der Waals surface area (Å²) in [5.74, 6) is 2.81. The summed E-state index contributed by atoms with van der Waals surface area (Å²) in [5.41, 5.74) is 1.79. The normalized spacial score (nSPS) is 11.2. The van der Waals surface area contributed by atoms with Gasteiger partial charge >= 0.3 is 0 Å². The summed E-state index contributed by atoms with van der Waals surface area (Å²) in [6, 6.07) is 15.6. The third-order valence-electron chi connectivity index (χ3n) is 4.30. The predicted octanol–water partition coefficient (Wildman–Crippen LogP) is 5.67. The van der Waals surface area contributed by atoms with E-state index in [1.54, 1.807) is 18.9 Å². The molecule has 4 aromatic rings. The Bertz CT molecular complexity index is 1090. The van der Waals surface area contributed by atoms with E-state index in [1.807, 2.05) is 53.1 Å². The van der Waals surface area contributed by atoms with Crippen molar-refractivity contribution in [2.24, 2.45) is 0 Å². The fourth-order valence-electron chi connectivity index (χ4n) is 2.93. The first kappa shape index (κ1) is 17.9. The Kier molecular flexibility index (Phi) is 5.09. The predicted molar refractivity (Wildman–Crippen MR) is 108 cm³/mol. The Morgan fingerprint density at radius 2 is 2.00 bits per heavy atom. The van der Waals surface area contributed by atoms with Crippen molar-refractivity contribution in [3.05, 3.63) is 59.1 Å². The van der Waals surface area contributed by atoms with E-state index in [4.69, 9.17) is 20.8 Å². The molecule has 4 rings (SSSR count). The summed E-state index contributed by atoms with van der Waals surface area (Å²) in [6.07, 6.45) is 0. The number of aromatic nitrogens is 3. The highest BCUT2D eigenvalue weighted by Crippen LogP contribution is 2.34. The molecule has 0 saturated heterocycles. The second kappa shape index (κ2) is 7.66. The number of rotatable bonds is 6. The SMILES string of the molecule is CCn1c(SCc2ccccc2Cl)nnc1-c1cc2cccc(OC)c2o1. The topological polar surface area (TPSA) is 53.1 Å². The largest absolute Gasteiger partial charge is 0.493 e. The van der Waals surface area contributed by atoms with Gasteiger partial charge in [0.1, 0.15) is 0 Å². The van der Waals surface area contributed by atoms with Gasteiger partial charge in [0.05, 0.1) is 7.11 Å². The number of nitrogens with zero attached hydrogens (tertiary/aromatic N) is 3. The van der Waals surface area contributed by atoms with Crippen LogP contribution in [0, 0.1) is 0 Å². The average Bonchev–Trinajstić information content (AvgIpc) is 3.30. The smallest absolute Gasteiger partial charge is 0.200 e. The lowest BCUT2D eigenvalue weighted by molar-refractivity contribution is 0.410. The number of halogens is 1. The minimum atomic E-state index is 0.674. The van der Waals surface area contributed by atoms with Crippen molar-refractivity contribution in [2.45, 2.75) is 24.4 Å². The maximum atomic E-state index is 6.26. The molecule has 0 N–H and O–H groups in total. The van der Waals surface area contributed by atoms with Gasteiger partial charge in [-0.25, -0.2) is 0 Å². The summed E-state index contributed by atoms with van der Waals surface area (Å²) < 4.78 is 13.5. The van der Waals surface area contributed by atoms with Gasteiger partial charge in [0, 0.05) is 22.7 Å². The lowest BCUT2D eigenvalue weighted by Gasteiger charge is -2.06. The molecule has 0 aliphatic carbocycles. The van der Waals surface area contributed by atoms with Gasteiger partial charge < -0.3 is 9.15 Å². The van der Waals surface area contributed by atoms with Crippen molar-refractivity contribution in [2.75, 3.05) is 7.11 Å². The van der Waals surface area contributed by atoms with Crippen LogP contribution in [0.1, 0.15) is 12.5 Å². The minimum Gasteiger partial charge on any atom is -0.493 e. The molecule has 5 nitrogen and oxygen atoms in total. The van der Waals surface area contributed by atoms with Crippen LogP contribution in [-0.2, 0) is 12.3 Å². The van der Waals surface area contributed by atoms with E-state index < -0.39 is 0 Å². The van der Waals surface area contributed by atoms with Crippen LogP contribution in [0.5, 0.6) is 5.75 Å². The van der Waals surface area contributed by atoms with Gasteiger partial charge in [-0.1, -0.05) is 53.7 Å². The number of ether oxygens (including phenoxy) is 1. The Labute approximate surface area is 166 Å².